The van der Waals surface area contributed by atoms with Crippen LogP contribution in [0, 0.1) is 11.3 Å². The van der Waals surface area contributed by atoms with Crippen LogP contribution in [0.1, 0.15) is 37.9 Å². The van der Waals surface area contributed by atoms with Gasteiger partial charge >= 0.3 is 0 Å². The smallest absolute Gasteiger partial charge is 0.226 e. The molecule has 0 amide bonds. The number of nitrogens with two attached hydrogens (primary N) is 1. The molecule has 3 aromatic rings. The molecule has 27 heavy (non-hydrogen) atoms. The molecule has 1 unspecified atom stereocenters. The maximum atomic E-state index is 9.25. The molecule has 0 saturated heterocycles. The van der Waals surface area contributed by atoms with E-state index in [1.165, 1.54) is 0 Å². The number of nitrogens with one attached hydrogen (secondary N) is 2. The number of aryl methyl sites for hydroxylation is 1. The number of nitriles is 1. The number of rotatable bonds is 5. The number of benzene rings is 1. The largest absolute Gasteiger partial charge is 0.365 e. The molecule has 3 rings (SSSR count). The van der Waals surface area contributed by atoms with E-state index in [0.717, 1.165) is 16.6 Å². The molecule has 0 fully saturated rings. The number of nitrogens with zero attached hydrogens (tertiary/aromatic N) is 5. The van der Waals surface area contributed by atoms with Gasteiger partial charge in [0.2, 0.25) is 5.95 Å². The molecule has 0 aliphatic rings. The molecule has 0 spiro atoms. The van der Waals surface area contributed by atoms with Crippen molar-refractivity contribution in [2.45, 2.75) is 32.4 Å². The first kappa shape index (κ1) is 18.6. The Morgan fingerprint density at radius 2 is 2.00 bits per heavy atom. The summed E-state index contributed by atoms with van der Waals surface area (Å²) in [5.41, 5.74) is 8.22. The molecular formula is C19H24N8. The summed E-state index contributed by atoms with van der Waals surface area (Å²) in [5.74, 6) is 1.18. The molecular weight excluding hydrogens is 340 g/mol. The highest BCUT2D eigenvalue weighted by molar-refractivity contribution is 5.87. The lowest BCUT2D eigenvalue weighted by Crippen LogP contribution is -2.27. The molecule has 2 heterocycles. The average Bonchev–Trinajstić information content (AvgIpc) is 3.00. The Morgan fingerprint density at radius 3 is 2.70 bits per heavy atom. The molecule has 0 aliphatic carbocycles. The van der Waals surface area contributed by atoms with E-state index in [1.807, 2.05) is 25.2 Å². The Kier molecular flexibility index (Phi) is 4.97. The molecule has 0 aliphatic heterocycles. The van der Waals surface area contributed by atoms with E-state index in [2.05, 4.69) is 52.5 Å². The normalized spacial score (nSPS) is 12.6. The lowest BCUT2D eigenvalue weighted by Gasteiger charge is -2.22. The van der Waals surface area contributed by atoms with Crippen LogP contribution in [0.4, 0.5) is 11.8 Å². The van der Waals surface area contributed by atoms with Crippen molar-refractivity contribution in [3.63, 3.8) is 0 Å². The van der Waals surface area contributed by atoms with Crippen LogP contribution >= 0.6 is 0 Å². The third-order valence-electron chi connectivity index (χ3n) is 4.05. The minimum Gasteiger partial charge on any atom is -0.365 e. The van der Waals surface area contributed by atoms with Crippen molar-refractivity contribution in [3.05, 3.63) is 41.6 Å². The predicted octanol–water partition coefficient (Wildman–Crippen LogP) is 2.56. The monoisotopic (exact) mass is 364 g/mol. The zero-order valence-corrected chi connectivity index (χ0v) is 16.0. The molecule has 0 radical (unpaired) electrons. The van der Waals surface area contributed by atoms with Gasteiger partial charge in [0.1, 0.15) is 5.82 Å². The molecule has 8 nitrogen and oxygen atoms in total. The van der Waals surface area contributed by atoms with Crippen molar-refractivity contribution >= 4 is 22.8 Å². The van der Waals surface area contributed by atoms with Gasteiger partial charge in [-0.1, -0.05) is 18.2 Å². The van der Waals surface area contributed by atoms with Gasteiger partial charge in [-0.3, -0.25) is 4.68 Å². The fourth-order valence-electron chi connectivity index (χ4n) is 2.79. The summed E-state index contributed by atoms with van der Waals surface area (Å²) >= 11 is 0. The van der Waals surface area contributed by atoms with Gasteiger partial charge < -0.3 is 16.4 Å². The summed E-state index contributed by atoms with van der Waals surface area (Å²) in [6.07, 6.45) is 1.75. The molecule has 2 aromatic heterocycles. The summed E-state index contributed by atoms with van der Waals surface area (Å²) in [6, 6.07) is 9.15. The third kappa shape index (κ3) is 4.15. The van der Waals surface area contributed by atoms with E-state index in [9.17, 15) is 5.26 Å². The standard InChI is InChI=1S/C19H24N8/c1-19(2,3)26-16-14-10-23-27(4)17(14)25-18(24-16)22-11-15(21)13-8-6-5-7-12(13)9-20/h5-8,10,15H,11,21H2,1-4H3,(H2,22,24,25,26). The van der Waals surface area contributed by atoms with Crippen molar-refractivity contribution in [1.29, 1.82) is 5.26 Å². The van der Waals surface area contributed by atoms with Gasteiger partial charge in [0.25, 0.3) is 0 Å². The SMILES string of the molecule is Cn1ncc2c(NC(C)(C)C)nc(NCC(N)c3ccccc3C#N)nc21. The van der Waals surface area contributed by atoms with Crippen molar-refractivity contribution in [2.75, 3.05) is 17.2 Å². The Bertz CT molecular complexity index is 993. The summed E-state index contributed by atoms with van der Waals surface area (Å²) in [6.45, 7) is 6.61. The number of aromatic nitrogens is 4. The zero-order valence-electron chi connectivity index (χ0n) is 16.0. The zero-order chi connectivity index (χ0) is 19.6. The second-order valence-electron chi connectivity index (χ2n) is 7.46. The van der Waals surface area contributed by atoms with Gasteiger partial charge in [-0.2, -0.15) is 20.3 Å². The minimum atomic E-state index is -0.356. The molecule has 1 atom stereocenters. The Labute approximate surface area is 158 Å². The van der Waals surface area contributed by atoms with Crippen LogP contribution in [0.25, 0.3) is 11.0 Å². The summed E-state index contributed by atoms with van der Waals surface area (Å²) in [5, 5.41) is 21.0. The van der Waals surface area contributed by atoms with Crippen LogP contribution < -0.4 is 16.4 Å². The molecule has 0 bridgehead atoms. The van der Waals surface area contributed by atoms with Crippen LogP contribution in [0.5, 0.6) is 0 Å². The first-order chi connectivity index (χ1) is 12.8. The number of fused-ring (bicyclic) bond motifs is 1. The highest BCUT2D eigenvalue weighted by atomic mass is 15.3. The number of anilines is 2. The lowest BCUT2D eigenvalue weighted by molar-refractivity contribution is 0.631. The van der Waals surface area contributed by atoms with E-state index in [1.54, 1.807) is 16.9 Å². The van der Waals surface area contributed by atoms with Crippen molar-refractivity contribution < 1.29 is 0 Å². The van der Waals surface area contributed by atoms with Gasteiger partial charge in [0.05, 0.1) is 23.2 Å². The van der Waals surface area contributed by atoms with Gasteiger partial charge in [0.15, 0.2) is 5.65 Å². The van der Waals surface area contributed by atoms with Crippen LogP contribution in [0.15, 0.2) is 30.5 Å². The highest BCUT2D eigenvalue weighted by Gasteiger charge is 2.17. The summed E-state index contributed by atoms with van der Waals surface area (Å²) in [7, 11) is 1.84. The molecule has 0 saturated carbocycles. The van der Waals surface area contributed by atoms with Crippen molar-refractivity contribution in [3.8, 4) is 6.07 Å². The van der Waals surface area contributed by atoms with E-state index in [0.29, 0.717) is 23.9 Å². The van der Waals surface area contributed by atoms with Crippen molar-refractivity contribution in [1.82, 2.24) is 19.7 Å². The minimum absolute atomic E-state index is 0.156. The van der Waals surface area contributed by atoms with Crippen LogP contribution in [0.2, 0.25) is 0 Å². The Morgan fingerprint density at radius 1 is 1.26 bits per heavy atom. The first-order valence-electron chi connectivity index (χ1n) is 8.75. The summed E-state index contributed by atoms with van der Waals surface area (Å²) < 4.78 is 1.71. The van der Waals surface area contributed by atoms with Crippen LogP contribution in [-0.2, 0) is 7.05 Å². The molecule has 4 N–H and O–H groups in total. The lowest BCUT2D eigenvalue weighted by atomic mass is 10.0. The third-order valence-corrected chi connectivity index (χ3v) is 4.05. The number of hydrogen-bond donors (Lipinski definition) is 3. The van der Waals surface area contributed by atoms with Crippen molar-refractivity contribution in [2.24, 2.45) is 12.8 Å². The maximum Gasteiger partial charge on any atom is 0.226 e. The van der Waals surface area contributed by atoms with Gasteiger partial charge in [-0.25, -0.2) is 0 Å². The average molecular weight is 364 g/mol. The van der Waals surface area contributed by atoms with E-state index >= 15 is 0 Å². The van der Waals surface area contributed by atoms with Crippen LogP contribution in [0.3, 0.4) is 0 Å². The predicted molar refractivity (Wildman–Crippen MR) is 106 cm³/mol. The van der Waals surface area contributed by atoms with Gasteiger partial charge in [-0.15, -0.1) is 0 Å². The number of hydrogen-bond acceptors (Lipinski definition) is 7. The second kappa shape index (κ2) is 7.21. The quantitative estimate of drug-likeness (QED) is 0.637. The molecule has 140 valence electrons. The van der Waals surface area contributed by atoms with E-state index in [4.69, 9.17) is 5.73 Å². The highest BCUT2D eigenvalue weighted by Crippen LogP contribution is 2.24. The molecule has 1 aromatic carbocycles. The van der Waals surface area contributed by atoms with Crippen LogP contribution in [-0.4, -0.2) is 31.8 Å². The fourth-order valence-corrected chi connectivity index (χ4v) is 2.79. The van der Waals surface area contributed by atoms with E-state index < -0.39 is 0 Å². The first-order valence-corrected chi connectivity index (χ1v) is 8.75. The van der Waals surface area contributed by atoms with Gasteiger partial charge in [-0.05, 0) is 32.4 Å². The Hall–Kier alpha value is -3.18. The van der Waals surface area contributed by atoms with Gasteiger partial charge in [0, 0.05) is 25.2 Å². The maximum absolute atomic E-state index is 9.25. The Balaban J connectivity index is 1.86. The van der Waals surface area contributed by atoms with E-state index in [-0.39, 0.29) is 11.6 Å². The molecule has 8 heteroatoms. The topological polar surface area (TPSA) is 117 Å². The summed E-state index contributed by atoms with van der Waals surface area (Å²) in [4.78, 5) is 9.15. The fraction of sp³-hybridized carbons (Fsp3) is 0.368. The second-order valence-corrected chi connectivity index (χ2v) is 7.46.